The van der Waals surface area contributed by atoms with Gasteiger partial charge in [0.2, 0.25) is 0 Å². The van der Waals surface area contributed by atoms with Gasteiger partial charge in [-0.15, -0.1) is 0 Å². The lowest BCUT2D eigenvalue weighted by molar-refractivity contribution is 1.46. The Bertz CT molecular complexity index is 4400. The average Bonchev–Trinajstić information content (AvgIpc) is 3.78. The first-order chi connectivity index (χ1) is 43.3. The van der Waals surface area contributed by atoms with Crippen molar-refractivity contribution in [3.05, 3.63) is 386 Å². The van der Waals surface area contributed by atoms with E-state index in [1.807, 2.05) is 6.07 Å². The van der Waals surface area contributed by atoms with E-state index < -0.39 is 0 Å². The van der Waals surface area contributed by atoms with Crippen molar-refractivity contribution in [3.63, 3.8) is 0 Å². The first-order valence-electron chi connectivity index (χ1n) is 30.4. The SMILES string of the molecule is Cc1cc(-c2cccc(-c3ccccc3)c2)cc(-c2cccc(-c3ccccc3)c2)c1.Cc1cccc(-c2cccc(-c3ccccc3)c2)c1.Cc1cccc(-c2ccccc2-c2ccccc2)c1.Cc1ccccc1-c1cccc(-c2ccccc2)c1. The summed E-state index contributed by atoms with van der Waals surface area (Å²) in [6, 6.07) is 129. The third-order valence-corrected chi connectivity index (χ3v) is 15.8. The van der Waals surface area contributed by atoms with Gasteiger partial charge in [-0.2, -0.15) is 0 Å². The van der Waals surface area contributed by atoms with Crippen LogP contribution in [0.2, 0.25) is 0 Å². The van der Waals surface area contributed by atoms with E-state index in [4.69, 9.17) is 0 Å². The molecule has 0 heteroatoms. The lowest BCUT2D eigenvalue weighted by Gasteiger charge is -2.11. The molecule has 0 aliphatic heterocycles. The zero-order chi connectivity index (χ0) is 60.3. The molecule has 14 rings (SSSR count). The third kappa shape index (κ3) is 15.5. The van der Waals surface area contributed by atoms with Crippen LogP contribution in [-0.4, -0.2) is 0 Å². The highest BCUT2D eigenvalue weighted by Crippen LogP contribution is 2.35. The van der Waals surface area contributed by atoms with Crippen molar-refractivity contribution in [2.75, 3.05) is 0 Å². The van der Waals surface area contributed by atoms with Crippen LogP contribution in [0.4, 0.5) is 0 Å². The van der Waals surface area contributed by atoms with Crippen LogP contribution in [-0.2, 0) is 0 Å². The van der Waals surface area contributed by atoms with Crippen molar-refractivity contribution in [3.8, 4) is 111 Å². The molecule has 424 valence electrons. The highest BCUT2D eigenvalue weighted by molar-refractivity contribution is 5.84. The average molecular weight is 1130 g/mol. The van der Waals surface area contributed by atoms with Crippen molar-refractivity contribution in [1.29, 1.82) is 0 Å². The number of hydrogen-bond acceptors (Lipinski definition) is 0. The van der Waals surface area contributed by atoms with Crippen LogP contribution < -0.4 is 0 Å². The maximum absolute atomic E-state index is 2.31. The molecule has 0 fully saturated rings. The lowest BCUT2D eigenvalue weighted by atomic mass is 9.93. The van der Waals surface area contributed by atoms with E-state index in [9.17, 15) is 0 Å². The molecule has 0 nitrogen and oxygen atoms in total. The van der Waals surface area contributed by atoms with Gasteiger partial charge in [0, 0.05) is 0 Å². The van der Waals surface area contributed by atoms with Gasteiger partial charge in [0.15, 0.2) is 0 Å². The molecule has 0 heterocycles. The minimum Gasteiger partial charge on any atom is -0.0622 e. The summed E-state index contributed by atoms with van der Waals surface area (Å²) < 4.78 is 0. The summed E-state index contributed by atoms with van der Waals surface area (Å²) in [7, 11) is 0. The molecule has 0 radical (unpaired) electrons. The highest BCUT2D eigenvalue weighted by atomic mass is 14.1. The molecule has 88 heavy (non-hydrogen) atoms. The summed E-state index contributed by atoms with van der Waals surface area (Å²) in [6.07, 6.45) is 0. The molecule has 0 aliphatic carbocycles. The van der Waals surface area contributed by atoms with Crippen molar-refractivity contribution in [1.82, 2.24) is 0 Å². The molecule has 0 atom stereocenters. The fourth-order valence-corrected chi connectivity index (χ4v) is 11.3. The number of rotatable bonds is 10. The second kappa shape index (κ2) is 29.3. The quantitative estimate of drug-likeness (QED) is 0.128. The van der Waals surface area contributed by atoms with Crippen LogP contribution in [0.15, 0.2) is 364 Å². The van der Waals surface area contributed by atoms with E-state index in [1.54, 1.807) is 0 Å². The van der Waals surface area contributed by atoms with Crippen LogP contribution >= 0.6 is 0 Å². The minimum absolute atomic E-state index is 1.24. The number of hydrogen-bond donors (Lipinski definition) is 0. The van der Waals surface area contributed by atoms with Gasteiger partial charge in [-0.25, -0.2) is 0 Å². The summed E-state index contributed by atoms with van der Waals surface area (Å²) >= 11 is 0. The van der Waals surface area contributed by atoms with Gasteiger partial charge in [-0.05, 0) is 180 Å². The van der Waals surface area contributed by atoms with Crippen LogP contribution in [0.5, 0.6) is 0 Å². The van der Waals surface area contributed by atoms with Crippen molar-refractivity contribution >= 4 is 0 Å². The Morgan fingerprint density at radius 3 is 0.716 bits per heavy atom. The molecular weight excluding hydrogens is 1060 g/mol. The fraction of sp³-hybridized carbons (Fsp3) is 0.0455. The van der Waals surface area contributed by atoms with Crippen molar-refractivity contribution < 1.29 is 0 Å². The molecule has 0 saturated heterocycles. The van der Waals surface area contributed by atoms with E-state index >= 15 is 0 Å². The fourth-order valence-electron chi connectivity index (χ4n) is 11.3. The molecule has 0 aliphatic rings. The monoisotopic (exact) mass is 1130 g/mol. The normalized spacial score (nSPS) is 10.5. The van der Waals surface area contributed by atoms with E-state index in [0.717, 1.165) is 0 Å². The van der Waals surface area contributed by atoms with E-state index in [1.165, 1.54) is 134 Å². The molecule has 0 amide bonds. The Hall–Kier alpha value is -10.9. The zero-order valence-electron chi connectivity index (χ0n) is 50.6. The Morgan fingerprint density at radius 2 is 0.341 bits per heavy atom. The van der Waals surface area contributed by atoms with Gasteiger partial charge < -0.3 is 0 Å². The van der Waals surface area contributed by atoms with E-state index in [0.29, 0.717) is 0 Å². The standard InChI is InChI=1S/C31H24.3C19H16/c1-23-18-30(28-16-8-14-26(20-28)24-10-4-2-5-11-24)22-31(19-23)29-17-9-15-27(21-29)25-12-6-3-7-13-25;1-15-7-5-10-17(13-15)19-12-6-11-18(14-19)16-8-3-2-4-9-16;1-15-8-7-11-17(14-15)19-13-6-5-12-18(19)16-9-3-2-4-10-16;1-15-8-5-6-13-19(15)18-12-7-11-17(14-18)16-9-3-2-4-10-16/h2-22H,1H3;3*2-14H,1H3. The molecular formula is C88H72. The Morgan fingerprint density at radius 1 is 0.125 bits per heavy atom. The maximum atomic E-state index is 2.31. The van der Waals surface area contributed by atoms with Crippen LogP contribution in [0.1, 0.15) is 22.3 Å². The second-order valence-corrected chi connectivity index (χ2v) is 22.3. The third-order valence-electron chi connectivity index (χ3n) is 15.8. The van der Waals surface area contributed by atoms with Crippen molar-refractivity contribution in [2.24, 2.45) is 0 Å². The Balaban J connectivity index is 0.000000125. The molecule has 14 aromatic carbocycles. The summed E-state index contributed by atoms with van der Waals surface area (Å²) in [6.45, 7) is 8.60. The molecule has 0 N–H and O–H groups in total. The molecule has 0 unspecified atom stereocenters. The number of benzene rings is 14. The zero-order valence-corrected chi connectivity index (χ0v) is 50.6. The van der Waals surface area contributed by atoms with Gasteiger partial charge in [0.1, 0.15) is 0 Å². The second-order valence-electron chi connectivity index (χ2n) is 22.3. The molecule has 14 aromatic rings. The maximum Gasteiger partial charge on any atom is -0.0105 e. The molecule has 0 saturated carbocycles. The molecule has 0 aromatic heterocycles. The van der Waals surface area contributed by atoms with E-state index in [2.05, 4.69) is 386 Å². The van der Waals surface area contributed by atoms with E-state index in [-0.39, 0.29) is 0 Å². The summed E-state index contributed by atoms with van der Waals surface area (Å²) in [4.78, 5) is 0. The van der Waals surface area contributed by atoms with Gasteiger partial charge >= 0.3 is 0 Å². The Labute approximate surface area is 522 Å². The van der Waals surface area contributed by atoms with Gasteiger partial charge in [-0.3, -0.25) is 0 Å². The van der Waals surface area contributed by atoms with Crippen LogP contribution in [0, 0.1) is 27.7 Å². The summed E-state index contributed by atoms with van der Waals surface area (Å²) in [5.41, 5.74) is 30.4. The Kier molecular flexibility index (Phi) is 19.6. The molecule has 0 spiro atoms. The first-order valence-corrected chi connectivity index (χ1v) is 30.4. The van der Waals surface area contributed by atoms with Gasteiger partial charge in [-0.1, -0.05) is 345 Å². The van der Waals surface area contributed by atoms with Crippen molar-refractivity contribution in [2.45, 2.75) is 27.7 Å². The lowest BCUT2D eigenvalue weighted by Crippen LogP contribution is -1.86. The van der Waals surface area contributed by atoms with Crippen LogP contribution in [0.25, 0.3) is 111 Å². The van der Waals surface area contributed by atoms with Gasteiger partial charge in [0.25, 0.3) is 0 Å². The largest absolute Gasteiger partial charge is 0.0622 e. The number of aryl methyl sites for hydroxylation is 4. The smallest absolute Gasteiger partial charge is 0.0105 e. The summed E-state index contributed by atoms with van der Waals surface area (Å²) in [5.74, 6) is 0. The summed E-state index contributed by atoms with van der Waals surface area (Å²) in [5, 5.41) is 0. The predicted molar refractivity (Wildman–Crippen MR) is 379 cm³/mol. The minimum atomic E-state index is 1.24. The highest BCUT2D eigenvalue weighted by Gasteiger charge is 2.10. The first kappa shape index (κ1) is 58.8. The predicted octanol–water partition coefficient (Wildman–Crippen LogP) is 24.7. The van der Waals surface area contributed by atoms with Crippen LogP contribution in [0.3, 0.4) is 0 Å². The molecule has 0 bridgehead atoms. The van der Waals surface area contributed by atoms with Gasteiger partial charge in [0.05, 0.1) is 0 Å². The topological polar surface area (TPSA) is 0 Å².